The van der Waals surface area contributed by atoms with Gasteiger partial charge in [0.1, 0.15) is 0 Å². The van der Waals surface area contributed by atoms with E-state index in [0.29, 0.717) is 36.9 Å². The van der Waals surface area contributed by atoms with Gasteiger partial charge in [0.2, 0.25) is 5.91 Å². The zero-order valence-electron chi connectivity index (χ0n) is 9.60. The van der Waals surface area contributed by atoms with Gasteiger partial charge in [-0.15, -0.1) is 0 Å². The first-order chi connectivity index (χ1) is 8.45. The highest BCUT2D eigenvalue weighted by Crippen LogP contribution is 2.47. The van der Waals surface area contributed by atoms with E-state index in [0.717, 1.165) is 6.07 Å². The minimum absolute atomic E-state index is 0.124. The minimum atomic E-state index is -4.34. The van der Waals surface area contributed by atoms with Gasteiger partial charge in [-0.1, -0.05) is 12.1 Å². The molecule has 1 aromatic carbocycles. The van der Waals surface area contributed by atoms with Crippen LogP contribution >= 0.6 is 0 Å². The molecular weight excluding hydrogens is 243 g/mol. The van der Waals surface area contributed by atoms with Crippen molar-refractivity contribution < 1.29 is 18.0 Å². The second kappa shape index (κ2) is 3.49. The van der Waals surface area contributed by atoms with E-state index in [4.69, 9.17) is 0 Å². The van der Waals surface area contributed by atoms with Crippen molar-refractivity contribution in [3.63, 3.8) is 0 Å². The number of hydrogen-bond donors (Lipinski definition) is 1. The number of carbonyl (C=O) groups excluding carboxylic acids is 1. The van der Waals surface area contributed by atoms with E-state index in [1.165, 1.54) is 6.07 Å². The lowest BCUT2D eigenvalue weighted by atomic mass is 9.80. The molecule has 5 heteroatoms. The van der Waals surface area contributed by atoms with Gasteiger partial charge < -0.3 is 5.32 Å². The Labute approximate surface area is 102 Å². The average Bonchev–Trinajstić information content (AvgIpc) is 2.85. The molecule has 1 aliphatic heterocycles. The van der Waals surface area contributed by atoms with E-state index in [-0.39, 0.29) is 5.91 Å². The van der Waals surface area contributed by atoms with Gasteiger partial charge in [-0.2, -0.15) is 13.2 Å². The molecule has 1 aliphatic carbocycles. The van der Waals surface area contributed by atoms with Crippen LogP contribution < -0.4 is 5.32 Å². The first kappa shape index (κ1) is 11.6. The normalized spacial score (nSPS) is 26.5. The SMILES string of the molecule is O=C1NCCC12CCc1c(C(F)(F)F)cccc12. The molecule has 2 nitrogen and oxygen atoms in total. The van der Waals surface area contributed by atoms with E-state index in [1.54, 1.807) is 6.07 Å². The van der Waals surface area contributed by atoms with Gasteiger partial charge in [0.15, 0.2) is 0 Å². The molecule has 1 fully saturated rings. The van der Waals surface area contributed by atoms with E-state index >= 15 is 0 Å². The highest BCUT2D eigenvalue weighted by atomic mass is 19.4. The number of fused-ring (bicyclic) bond motifs is 2. The molecule has 2 aliphatic rings. The summed E-state index contributed by atoms with van der Waals surface area (Å²) in [6.07, 6.45) is -2.92. The van der Waals surface area contributed by atoms with Crippen molar-refractivity contribution in [2.45, 2.75) is 30.9 Å². The highest BCUT2D eigenvalue weighted by molar-refractivity contribution is 5.91. The molecule has 1 heterocycles. The number of carbonyl (C=O) groups is 1. The molecule has 96 valence electrons. The second-order valence-electron chi connectivity index (χ2n) is 4.92. The lowest BCUT2D eigenvalue weighted by molar-refractivity contribution is -0.138. The Morgan fingerprint density at radius 1 is 1.22 bits per heavy atom. The van der Waals surface area contributed by atoms with Gasteiger partial charge in [-0.25, -0.2) is 0 Å². The molecule has 1 spiro atoms. The number of alkyl halides is 3. The van der Waals surface area contributed by atoms with Gasteiger partial charge in [0.05, 0.1) is 11.0 Å². The monoisotopic (exact) mass is 255 g/mol. The predicted octanol–water partition coefficient (Wildman–Crippen LogP) is 2.41. The highest BCUT2D eigenvalue weighted by Gasteiger charge is 2.50. The van der Waals surface area contributed by atoms with E-state index in [1.807, 2.05) is 0 Å². The fourth-order valence-electron chi connectivity index (χ4n) is 3.21. The van der Waals surface area contributed by atoms with Gasteiger partial charge in [-0.05, 0) is 36.5 Å². The number of benzene rings is 1. The fraction of sp³-hybridized carbons (Fsp3) is 0.462. The van der Waals surface area contributed by atoms with Crippen LogP contribution in [0.25, 0.3) is 0 Å². The summed E-state index contributed by atoms with van der Waals surface area (Å²) < 4.78 is 38.7. The van der Waals surface area contributed by atoms with Crippen molar-refractivity contribution >= 4 is 5.91 Å². The predicted molar refractivity (Wildman–Crippen MR) is 59.1 cm³/mol. The van der Waals surface area contributed by atoms with Crippen LogP contribution in [0.2, 0.25) is 0 Å². The minimum Gasteiger partial charge on any atom is -0.355 e. The molecule has 0 saturated carbocycles. The summed E-state index contributed by atoms with van der Waals surface area (Å²) in [5, 5.41) is 2.73. The molecular formula is C13H12F3NO. The van der Waals surface area contributed by atoms with Crippen molar-refractivity contribution in [1.82, 2.24) is 5.32 Å². The molecule has 18 heavy (non-hydrogen) atoms. The van der Waals surface area contributed by atoms with Crippen molar-refractivity contribution in [3.05, 3.63) is 34.9 Å². The van der Waals surface area contributed by atoms with E-state index in [2.05, 4.69) is 5.32 Å². The third-order valence-electron chi connectivity index (χ3n) is 4.07. The molecule has 1 unspecified atom stereocenters. The fourth-order valence-corrected chi connectivity index (χ4v) is 3.21. The third-order valence-corrected chi connectivity index (χ3v) is 4.07. The summed E-state index contributed by atoms with van der Waals surface area (Å²) >= 11 is 0. The summed E-state index contributed by atoms with van der Waals surface area (Å²) in [4.78, 5) is 11.9. The Morgan fingerprint density at radius 2 is 2.00 bits per heavy atom. The topological polar surface area (TPSA) is 29.1 Å². The standard InChI is InChI=1S/C13H12F3NO/c14-13(15,16)10-3-1-2-9-8(10)4-5-12(9)6-7-17-11(12)18/h1-3H,4-7H2,(H,17,18). The Kier molecular flexibility index (Phi) is 2.24. The maximum atomic E-state index is 12.9. The van der Waals surface area contributed by atoms with E-state index < -0.39 is 17.2 Å². The summed E-state index contributed by atoms with van der Waals surface area (Å²) in [5.74, 6) is -0.124. The smallest absolute Gasteiger partial charge is 0.355 e. The van der Waals surface area contributed by atoms with Gasteiger partial charge in [-0.3, -0.25) is 4.79 Å². The molecule has 0 aromatic heterocycles. The lowest BCUT2D eigenvalue weighted by Gasteiger charge is -2.21. The first-order valence-electron chi connectivity index (χ1n) is 5.93. The zero-order chi connectivity index (χ0) is 13.0. The number of halogens is 3. The third kappa shape index (κ3) is 1.39. The molecule has 0 radical (unpaired) electrons. The summed E-state index contributed by atoms with van der Waals surface area (Å²) in [6, 6.07) is 4.17. The summed E-state index contributed by atoms with van der Waals surface area (Å²) in [5.41, 5.74) is -0.415. The maximum absolute atomic E-state index is 12.9. The van der Waals surface area contributed by atoms with Crippen molar-refractivity contribution in [2.75, 3.05) is 6.54 Å². The largest absolute Gasteiger partial charge is 0.416 e. The van der Waals surface area contributed by atoms with Crippen LogP contribution in [-0.2, 0) is 22.8 Å². The van der Waals surface area contributed by atoms with E-state index in [9.17, 15) is 18.0 Å². The van der Waals surface area contributed by atoms with Crippen LogP contribution in [0.3, 0.4) is 0 Å². The maximum Gasteiger partial charge on any atom is 0.416 e. The summed E-state index contributed by atoms with van der Waals surface area (Å²) in [6.45, 7) is 0.550. The molecule has 1 atom stereocenters. The van der Waals surface area contributed by atoms with Crippen LogP contribution in [0, 0.1) is 0 Å². The quantitative estimate of drug-likeness (QED) is 0.757. The Hall–Kier alpha value is -1.52. The number of hydrogen-bond acceptors (Lipinski definition) is 1. The first-order valence-corrected chi connectivity index (χ1v) is 5.93. The van der Waals surface area contributed by atoms with Gasteiger partial charge >= 0.3 is 6.18 Å². The molecule has 1 aromatic rings. The Balaban J connectivity index is 2.17. The number of rotatable bonds is 0. The molecule has 0 bridgehead atoms. The van der Waals surface area contributed by atoms with Crippen LogP contribution in [0.1, 0.15) is 29.5 Å². The zero-order valence-corrected chi connectivity index (χ0v) is 9.60. The summed E-state index contributed by atoms with van der Waals surface area (Å²) in [7, 11) is 0. The second-order valence-corrected chi connectivity index (χ2v) is 4.92. The van der Waals surface area contributed by atoms with Crippen molar-refractivity contribution in [1.29, 1.82) is 0 Å². The number of nitrogens with one attached hydrogen (secondary N) is 1. The van der Waals surface area contributed by atoms with Crippen LogP contribution in [0.15, 0.2) is 18.2 Å². The van der Waals surface area contributed by atoms with Gasteiger partial charge in [0, 0.05) is 6.54 Å². The lowest BCUT2D eigenvalue weighted by Crippen LogP contribution is -2.33. The molecule has 1 amide bonds. The van der Waals surface area contributed by atoms with Crippen molar-refractivity contribution in [3.8, 4) is 0 Å². The molecule has 1 N–H and O–H groups in total. The number of amides is 1. The molecule has 3 rings (SSSR count). The van der Waals surface area contributed by atoms with Crippen LogP contribution in [-0.4, -0.2) is 12.5 Å². The Morgan fingerprint density at radius 3 is 2.61 bits per heavy atom. The van der Waals surface area contributed by atoms with Crippen LogP contribution in [0.5, 0.6) is 0 Å². The Bertz CT molecular complexity index is 523. The van der Waals surface area contributed by atoms with Gasteiger partial charge in [0.25, 0.3) is 0 Å². The van der Waals surface area contributed by atoms with Crippen molar-refractivity contribution in [2.24, 2.45) is 0 Å². The molecule has 1 saturated heterocycles. The average molecular weight is 255 g/mol. The van der Waals surface area contributed by atoms with Crippen LogP contribution in [0.4, 0.5) is 13.2 Å².